The number of aromatic nitrogens is 1. The van der Waals surface area contributed by atoms with Crippen LogP contribution in [0.5, 0.6) is 0 Å². The minimum absolute atomic E-state index is 0.0185. The van der Waals surface area contributed by atoms with Gasteiger partial charge in [-0.15, -0.1) is 0 Å². The Morgan fingerprint density at radius 3 is 2.72 bits per heavy atom. The van der Waals surface area contributed by atoms with Crippen LogP contribution in [0.15, 0.2) is 30.5 Å². The quantitative estimate of drug-likeness (QED) is 0.865. The van der Waals surface area contributed by atoms with E-state index in [-0.39, 0.29) is 25.4 Å². The molecule has 3 nitrogen and oxygen atoms in total. The molecule has 1 aromatic heterocycles. The highest BCUT2D eigenvalue weighted by molar-refractivity contribution is 5.84. The van der Waals surface area contributed by atoms with Gasteiger partial charge in [-0.2, -0.15) is 13.2 Å². The Hall–Kier alpha value is -1.98. The molecule has 0 radical (unpaired) electrons. The highest BCUT2D eigenvalue weighted by Gasteiger charge is 2.51. The first-order chi connectivity index (χ1) is 11.7. The van der Waals surface area contributed by atoms with Gasteiger partial charge < -0.3 is 9.88 Å². The molecule has 1 N–H and O–H groups in total. The van der Waals surface area contributed by atoms with Crippen LogP contribution in [0.25, 0.3) is 10.9 Å². The van der Waals surface area contributed by atoms with Crippen LogP contribution >= 0.6 is 0 Å². The first-order valence-corrected chi connectivity index (χ1v) is 8.58. The molecular formula is C19H23F3N2O. The lowest BCUT2D eigenvalue weighted by Crippen LogP contribution is -2.52. The van der Waals surface area contributed by atoms with Gasteiger partial charge in [0.15, 0.2) is 0 Å². The van der Waals surface area contributed by atoms with Crippen molar-refractivity contribution in [2.75, 3.05) is 13.1 Å². The summed E-state index contributed by atoms with van der Waals surface area (Å²) in [5.41, 5.74) is 1.14. The van der Waals surface area contributed by atoms with Crippen LogP contribution < -0.4 is 0 Å². The predicted molar refractivity (Wildman–Crippen MR) is 91.1 cm³/mol. The van der Waals surface area contributed by atoms with Crippen LogP contribution in [0.1, 0.15) is 32.3 Å². The zero-order valence-electron chi connectivity index (χ0n) is 14.5. The van der Waals surface area contributed by atoms with Gasteiger partial charge in [0.2, 0.25) is 5.91 Å². The number of hydrogen-bond donors (Lipinski definition) is 1. The van der Waals surface area contributed by atoms with E-state index in [1.807, 2.05) is 30.5 Å². The first-order valence-electron chi connectivity index (χ1n) is 8.58. The molecule has 1 aliphatic rings. The van der Waals surface area contributed by atoms with Gasteiger partial charge in [0.05, 0.1) is 5.92 Å². The van der Waals surface area contributed by atoms with Crippen molar-refractivity contribution >= 4 is 16.8 Å². The molecular weight excluding hydrogens is 329 g/mol. The van der Waals surface area contributed by atoms with Gasteiger partial charge in [-0.1, -0.05) is 32.0 Å². The summed E-state index contributed by atoms with van der Waals surface area (Å²) in [5.74, 6) is -1.42. The highest BCUT2D eigenvalue weighted by atomic mass is 19.4. The number of benzene rings is 1. The molecule has 1 atom stereocenters. The van der Waals surface area contributed by atoms with Gasteiger partial charge in [-0.3, -0.25) is 4.79 Å². The maximum Gasteiger partial charge on any atom is 0.392 e. The van der Waals surface area contributed by atoms with Gasteiger partial charge in [0, 0.05) is 36.6 Å². The largest absolute Gasteiger partial charge is 0.392 e. The van der Waals surface area contributed by atoms with E-state index in [2.05, 4.69) is 4.98 Å². The zero-order chi connectivity index (χ0) is 18.2. The fourth-order valence-electron chi connectivity index (χ4n) is 3.91. The molecule has 3 rings (SSSR count). The molecule has 136 valence electrons. The van der Waals surface area contributed by atoms with Gasteiger partial charge >= 0.3 is 6.18 Å². The molecule has 2 aromatic rings. The summed E-state index contributed by atoms with van der Waals surface area (Å²) >= 11 is 0. The molecule has 25 heavy (non-hydrogen) atoms. The molecule has 0 aliphatic carbocycles. The Bertz CT molecular complexity index is 763. The molecule has 0 bridgehead atoms. The van der Waals surface area contributed by atoms with E-state index < -0.39 is 17.5 Å². The summed E-state index contributed by atoms with van der Waals surface area (Å²) in [6.45, 7) is 3.54. The summed E-state index contributed by atoms with van der Waals surface area (Å²) in [7, 11) is 0. The van der Waals surface area contributed by atoms with Crippen molar-refractivity contribution in [1.82, 2.24) is 9.88 Å². The van der Waals surface area contributed by atoms with Crippen LogP contribution in [-0.2, 0) is 11.2 Å². The Balaban J connectivity index is 1.63. The lowest BCUT2D eigenvalue weighted by atomic mass is 9.73. The molecule has 1 saturated heterocycles. The molecule has 2 heterocycles. The van der Waals surface area contributed by atoms with E-state index in [1.165, 1.54) is 0 Å². The third-order valence-corrected chi connectivity index (χ3v) is 5.26. The van der Waals surface area contributed by atoms with E-state index in [4.69, 9.17) is 0 Å². The summed E-state index contributed by atoms with van der Waals surface area (Å²) in [4.78, 5) is 17.3. The fraction of sp³-hybridized carbons (Fsp3) is 0.526. The number of piperidine rings is 1. The number of hydrogen-bond acceptors (Lipinski definition) is 1. The second-order valence-corrected chi connectivity index (χ2v) is 7.55. The number of likely N-dealkylation sites (tertiary alicyclic amines) is 1. The number of carbonyl (C=O) groups excluding carboxylic acids is 1. The number of nitrogens with zero attached hydrogens (tertiary/aromatic N) is 1. The van der Waals surface area contributed by atoms with Gasteiger partial charge in [0.1, 0.15) is 0 Å². The Morgan fingerprint density at radius 1 is 1.32 bits per heavy atom. The normalized spacial score (nSPS) is 20.8. The summed E-state index contributed by atoms with van der Waals surface area (Å²) in [6.07, 6.45) is -1.42. The number of nitrogens with one attached hydrogen (secondary N) is 1. The van der Waals surface area contributed by atoms with Crippen molar-refractivity contribution in [3.05, 3.63) is 36.0 Å². The van der Waals surface area contributed by atoms with Crippen molar-refractivity contribution in [3.8, 4) is 0 Å². The van der Waals surface area contributed by atoms with Crippen LogP contribution in [0.3, 0.4) is 0 Å². The minimum atomic E-state index is -4.21. The number of aryl methyl sites for hydroxylation is 1. The van der Waals surface area contributed by atoms with E-state index in [1.54, 1.807) is 18.7 Å². The number of rotatable bonds is 3. The van der Waals surface area contributed by atoms with Crippen molar-refractivity contribution < 1.29 is 18.0 Å². The van der Waals surface area contributed by atoms with Crippen LogP contribution in [-0.4, -0.2) is 35.1 Å². The third kappa shape index (κ3) is 3.67. The number of halogens is 3. The number of para-hydroxylation sites is 1. The van der Waals surface area contributed by atoms with E-state index in [0.717, 1.165) is 16.5 Å². The lowest BCUT2D eigenvalue weighted by molar-refractivity contribution is -0.217. The highest BCUT2D eigenvalue weighted by Crippen LogP contribution is 2.45. The average Bonchev–Trinajstić information content (AvgIpc) is 2.93. The Kier molecular flexibility index (Phi) is 4.56. The summed E-state index contributed by atoms with van der Waals surface area (Å²) < 4.78 is 39.4. The first kappa shape index (κ1) is 17.8. The van der Waals surface area contributed by atoms with Crippen molar-refractivity contribution in [2.24, 2.45) is 11.3 Å². The maximum absolute atomic E-state index is 13.1. The SMILES string of the molecule is CC1(C)CN(C(=O)CCc2c[nH]c3ccccc23)CC[C@H]1C(F)(F)F. The van der Waals surface area contributed by atoms with Crippen molar-refractivity contribution in [3.63, 3.8) is 0 Å². The van der Waals surface area contributed by atoms with Crippen LogP contribution in [0, 0.1) is 11.3 Å². The number of H-pyrrole nitrogens is 1. The Labute approximate surface area is 145 Å². The maximum atomic E-state index is 13.1. The number of fused-ring (bicyclic) bond motifs is 1. The molecule has 0 unspecified atom stereocenters. The lowest BCUT2D eigenvalue weighted by Gasteiger charge is -2.44. The van der Waals surface area contributed by atoms with Crippen LogP contribution in [0.2, 0.25) is 0 Å². The number of alkyl halides is 3. The Morgan fingerprint density at radius 2 is 2.04 bits per heavy atom. The predicted octanol–water partition coefficient (Wildman–Crippen LogP) is 4.54. The van der Waals surface area contributed by atoms with Gasteiger partial charge in [-0.25, -0.2) is 0 Å². The molecule has 1 amide bonds. The molecule has 1 fully saturated rings. The molecule has 0 spiro atoms. The molecule has 0 saturated carbocycles. The number of aromatic amines is 1. The second kappa shape index (κ2) is 6.39. The van der Waals surface area contributed by atoms with Crippen LogP contribution in [0.4, 0.5) is 13.2 Å². The van der Waals surface area contributed by atoms with Crippen molar-refractivity contribution in [1.29, 1.82) is 0 Å². The average molecular weight is 352 g/mol. The zero-order valence-corrected chi connectivity index (χ0v) is 14.5. The van der Waals surface area contributed by atoms with Gasteiger partial charge in [-0.05, 0) is 29.9 Å². The molecule has 1 aromatic carbocycles. The van der Waals surface area contributed by atoms with E-state index >= 15 is 0 Å². The topological polar surface area (TPSA) is 36.1 Å². The second-order valence-electron chi connectivity index (χ2n) is 7.55. The smallest absolute Gasteiger partial charge is 0.361 e. The summed E-state index contributed by atoms with van der Waals surface area (Å²) in [6, 6.07) is 7.88. The van der Waals surface area contributed by atoms with E-state index in [9.17, 15) is 18.0 Å². The third-order valence-electron chi connectivity index (χ3n) is 5.26. The number of amides is 1. The minimum Gasteiger partial charge on any atom is -0.361 e. The van der Waals surface area contributed by atoms with Gasteiger partial charge in [0.25, 0.3) is 0 Å². The molecule has 1 aliphatic heterocycles. The number of carbonyl (C=O) groups is 1. The monoisotopic (exact) mass is 352 g/mol. The summed E-state index contributed by atoms with van der Waals surface area (Å²) in [5, 5.41) is 1.09. The van der Waals surface area contributed by atoms with Crippen molar-refractivity contribution in [2.45, 2.75) is 39.3 Å². The standard InChI is InChI=1S/C19H23F3N2O/c1-18(2)12-24(10-9-16(18)19(20,21)22)17(25)8-7-13-11-23-15-6-4-3-5-14(13)15/h3-6,11,16,23H,7-10,12H2,1-2H3/t16-/m1/s1. The molecule has 6 heteroatoms. The van der Waals surface area contributed by atoms with E-state index in [0.29, 0.717) is 12.8 Å². The fourth-order valence-corrected chi connectivity index (χ4v) is 3.91.